The molecule has 1 aromatic carbocycles. The molecule has 0 aliphatic rings. The number of amides is 1. The summed E-state index contributed by atoms with van der Waals surface area (Å²) in [6, 6.07) is 15.3. The summed E-state index contributed by atoms with van der Waals surface area (Å²) in [5, 5.41) is 3.91. The van der Waals surface area contributed by atoms with Crippen LogP contribution in [0.2, 0.25) is 0 Å². The molecule has 3 rings (SSSR count). The first-order valence-corrected chi connectivity index (χ1v) is 6.86. The molecule has 2 heterocycles. The number of nitrogens with zero attached hydrogens (tertiary/aromatic N) is 2. The van der Waals surface area contributed by atoms with Crippen molar-refractivity contribution in [3.05, 3.63) is 72.2 Å². The van der Waals surface area contributed by atoms with E-state index in [-0.39, 0.29) is 5.91 Å². The molecular weight excluding hydrogens is 262 g/mol. The Balaban J connectivity index is 1.64. The molecule has 21 heavy (non-hydrogen) atoms. The van der Waals surface area contributed by atoms with Gasteiger partial charge in [-0.3, -0.25) is 9.78 Å². The summed E-state index contributed by atoms with van der Waals surface area (Å²) in [5.41, 5.74) is 2.38. The molecular formula is C17H15N3O. The quantitative estimate of drug-likeness (QED) is 0.797. The predicted molar refractivity (Wildman–Crippen MR) is 82.0 cm³/mol. The minimum atomic E-state index is -0.148. The first-order chi connectivity index (χ1) is 10.3. The van der Waals surface area contributed by atoms with Gasteiger partial charge in [0.1, 0.15) is 5.69 Å². The average molecular weight is 277 g/mol. The SMILES string of the molecule is O=C(NCCc1cccnc1)c1ccc2ccccc2n1. The summed E-state index contributed by atoms with van der Waals surface area (Å²) in [4.78, 5) is 20.5. The Morgan fingerprint density at radius 2 is 1.95 bits per heavy atom. The van der Waals surface area contributed by atoms with Gasteiger partial charge in [0.05, 0.1) is 5.52 Å². The lowest BCUT2D eigenvalue weighted by atomic mass is 10.2. The average Bonchev–Trinajstić information content (AvgIpc) is 2.55. The van der Waals surface area contributed by atoms with E-state index in [1.165, 1.54) is 0 Å². The number of carbonyl (C=O) groups is 1. The third-order valence-corrected chi connectivity index (χ3v) is 3.25. The van der Waals surface area contributed by atoms with Crippen molar-refractivity contribution in [1.82, 2.24) is 15.3 Å². The van der Waals surface area contributed by atoms with E-state index in [1.807, 2.05) is 42.5 Å². The molecule has 104 valence electrons. The number of para-hydroxylation sites is 1. The van der Waals surface area contributed by atoms with E-state index in [1.54, 1.807) is 18.5 Å². The number of hydrogen-bond donors (Lipinski definition) is 1. The minimum absolute atomic E-state index is 0.148. The monoisotopic (exact) mass is 277 g/mol. The van der Waals surface area contributed by atoms with Crippen LogP contribution in [0.4, 0.5) is 0 Å². The fraction of sp³-hybridized carbons (Fsp3) is 0.118. The number of rotatable bonds is 4. The summed E-state index contributed by atoms with van der Waals surface area (Å²) in [6.45, 7) is 0.568. The van der Waals surface area contributed by atoms with Gasteiger partial charge in [0.2, 0.25) is 0 Å². The zero-order valence-electron chi connectivity index (χ0n) is 11.5. The lowest BCUT2D eigenvalue weighted by molar-refractivity contribution is 0.0949. The van der Waals surface area contributed by atoms with Crippen molar-refractivity contribution in [3.63, 3.8) is 0 Å². The molecule has 0 aliphatic heterocycles. The molecule has 1 amide bonds. The van der Waals surface area contributed by atoms with Crippen LogP contribution in [0.5, 0.6) is 0 Å². The maximum Gasteiger partial charge on any atom is 0.269 e. The number of aromatic nitrogens is 2. The Kier molecular flexibility index (Phi) is 3.87. The van der Waals surface area contributed by atoms with Crippen LogP contribution in [0.3, 0.4) is 0 Å². The molecule has 4 nitrogen and oxygen atoms in total. The third-order valence-electron chi connectivity index (χ3n) is 3.25. The van der Waals surface area contributed by atoms with E-state index in [0.29, 0.717) is 12.2 Å². The molecule has 4 heteroatoms. The molecule has 2 aromatic heterocycles. The van der Waals surface area contributed by atoms with Gasteiger partial charge in [-0.2, -0.15) is 0 Å². The number of hydrogen-bond acceptors (Lipinski definition) is 3. The Bertz CT molecular complexity index is 756. The zero-order valence-corrected chi connectivity index (χ0v) is 11.5. The lowest BCUT2D eigenvalue weighted by Gasteiger charge is -2.05. The number of pyridine rings is 2. The molecule has 0 saturated carbocycles. The molecule has 0 aliphatic carbocycles. The number of carbonyl (C=O) groups excluding carboxylic acids is 1. The number of fused-ring (bicyclic) bond motifs is 1. The highest BCUT2D eigenvalue weighted by Crippen LogP contribution is 2.11. The molecule has 0 unspecified atom stereocenters. The number of nitrogens with one attached hydrogen (secondary N) is 1. The second-order valence-corrected chi connectivity index (χ2v) is 4.76. The maximum absolute atomic E-state index is 12.1. The van der Waals surface area contributed by atoms with E-state index >= 15 is 0 Å². The zero-order chi connectivity index (χ0) is 14.5. The Morgan fingerprint density at radius 1 is 1.05 bits per heavy atom. The lowest BCUT2D eigenvalue weighted by Crippen LogP contribution is -2.26. The van der Waals surface area contributed by atoms with Crippen LogP contribution in [-0.4, -0.2) is 22.4 Å². The van der Waals surface area contributed by atoms with Crippen molar-refractivity contribution < 1.29 is 4.79 Å². The first kappa shape index (κ1) is 13.2. The van der Waals surface area contributed by atoms with Crippen molar-refractivity contribution in [1.29, 1.82) is 0 Å². The summed E-state index contributed by atoms with van der Waals surface area (Å²) in [5.74, 6) is -0.148. The second-order valence-electron chi connectivity index (χ2n) is 4.76. The smallest absolute Gasteiger partial charge is 0.269 e. The molecule has 0 atom stereocenters. The molecule has 3 aromatic rings. The fourth-order valence-electron chi connectivity index (χ4n) is 2.15. The van der Waals surface area contributed by atoms with Crippen LogP contribution < -0.4 is 5.32 Å². The fourth-order valence-corrected chi connectivity index (χ4v) is 2.15. The Morgan fingerprint density at radius 3 is 2.81 bits per heavy atom. The van der Waals surface area contributed by atoms with E-state index in [0.717, 1.165) is 22.9 Å². The third kappa shape index (κ3) is 3.23. The highest BCUT2D eigenvalue weighted by atomic mass is 16.1. The van der Waals surface area contributed by atoms with Crippen LogP contribution in [-0.2, 0) is 6.42 Å². The molecule has 0 bridgehead atoms. The normalized spacial score (nSPS) is 10.5. The first-order valence-electron chi connectivity index (χ1n) is 6.86. The summed E-state index contributed by atoms with van der Waals surface area (Å²) in [7, 11) is 0. The number of benzene rings is 1. The molecule has 0 radical (unpaired) electrons. The van der Waals surface area contributed by atoms with Gasteiger partial charge < -0.3 is 5.32 Å². The van der Waals surface area contributed by atoms with E-state index in [2.05, 4.69) is 15.3 Å². The topological polar surface area (TPSA) is 54.9 Å². The van der Waals surface area contributed by atoms with Crippen molar-refractivity contribution in [3.8, 4) is 0 Å². The van der Waals surface area contributed by atoms with Gasteiger partial charge in [0.25, 0.3) is 5.91 Å². The van der Waals surface area contributed by atoms with Gasteiger partial charge in [-0.05, 0) is 30.2 Å². The van der Waals surface area contributed by atoms with Gasteiger partial charge in [0, 0.05) is 24.3 Å². The second kappa shape index (κ2) is 6.13. The van der Waals surface area contributed by atoms with Crippen molar-refractivity contribution >= 4 is 16.8 Å². The van der Waals surface area contributed by atoms with E-state index < -0.39 is 0 Å². The molecule has 1 N–H and O–H groups in total. The minimum Gasteiger partial charge on any atom is -0.350 e. The largest absolute Gasteiger partial charge is 0.350 e. The summed E-state index contributed by atoms with van der Waals surface area (Å²) in [6.07, 6.45) is 4.30. The van der Waals surface area contributed by atoms with Gasteiger partial charge in [-0.1, -0.05) is 30.3 Å². The standard InChI is InChI=1S/C17H15N3O/c21-17(19-11-9-13-4-3-10-18-12-13)16-8-7-14-5-1-2-6-15(14)20-16/h1-8,10,12H,9,11H2,(H,19,21). The van der Waals surface area contributed by atoms with E-state index in [4.69, 9.17) is 0 Å². The summed E-state index contributed by atoms with van der Waals surface area (Å²) >= 11 is 0. The molecule has 0 spiro atoms. The highest BCUT2D eigenvalue weighted by Gasteiger charge is 2.07. The van der Waals surface area contributed by atoms with E-state index in [9.17, 15) is 4.79 Å². The van der Waals surface area contributed by atoms with Crippen molar-refractivity contribution in [2.24, 2.45) is 0 Å². The van der Waals surface area contributed by atoms with Gasteiger partial charge in [-0.15, -0.1) is 0 Å². The van der Waals surface area contributed by atoms with Gasteiger partial charge in [0.15, 0.2) is 0 Å². The van der Waals surface area contributed by atoms with Crippen LogP contribution in [0.15, 0.2) is 60.9 Å². The van der Waals surface area contributed by atoms with Crippen molar-refractivity contribution in [2.75, 3.05) is 6.54 Å². The highest BCUT2D eigenvalue weighted by molar-refractivity contribution is 5.94. The predicted octanol–water partition coefficient (Wildman–Crippen LogP) is 2.60. The summed E-state index contributed by atoms with van der Waals surface area (Å²) < 4.78 is 0. The molecule has 0 saturated heterocycles. The Labute approximate surface area is 122 Å². The van der Waals surface area contributed by atoms with Crippen molar-refractivity contribution in [2.45, 2.75) is 6.42 Å². The van der Waals surface area contributed by atoms with Gasteiger partial charge in [-0.25, -0.2) is 4.98 Å². The van der Waals surface area contributed by atoms with Crippen LogP contribution >= 0.6 is 0 Å². The van der Waals surface area contributed by atoms with Crippen LogP contribution in [0.1, 0.15) is 16.1 Å². The van der Waals surface area contributed by atoms with Gasteiger partial charge >= 0.3 is 0 Å². The molecule has 0 fully saturated rings. The van der Waals surface area contributed by atoms with Crippen LogP contribution in [0, 0.1) is 0 Å². The maximum atomic E-state index is 12.1. The van der Waals surface area contributed by atoms with Crippen LogP contribution in [0.25, 0.3) is 10.9 Å². The Hall–Kier alpha value is -2.75.